The Kier molecular flexibility index (Phi) is 6.63. The highest BCUT2D eigenvalue weighted by Crippen LogP contribution is 2.32. The molecule has 0 aliphatic carbocycles. The average molecular weight is 476 g/mol. The fraction of sp³-hybridized carbons (Fsp3) is 0.346. The van der Waals surface area contributed by atoms with Crippen molar-refractivity contribution < 1.29 is 19.1 Å². The van der Waals surface area contributed by atoms with Gasteiger partial charge in [-0.1, -0.05) is 42.5 Å². The first-order chi connectivity index (χ1) is 17.0. The van der Waals surface area contributed by atoms with E-state index in [-0.39, 0.29) is 0 Å². The number of ether oxygens (including phenoxy) is 2. The molecule has 2 aromatic carbocycles. The minimum absolute atomic E-state index is 0.371. The van der Waals surface area contributed by atoms with Crippen LogP contribution >= 0.6 is 0 Å². The second-order valence-electron chi connectivity index (χ2n) is 8.93. The van der Waals surface area contributed by atoms with Crippen LogP contribution in [0.25, 0.3) is 0 Å². The summed E-state index contributed by atoms with van der Waals surface area (Å²) in [6.45, 7) is 6.15. The maximum atomic E-state index is 12.6. The molecule has 2 aliphatic heterocycles. The van der Waals surface area contributed by atoms with Gasteiger partial charge in [0.1, 0.15) is 0 Å². The maximum Gasteiger partial charge on any atom is 0.315 e. The maximum absolute atomic E-state index is 12.6. The molecule has 35 heavy (non-hydrogen) atoms. The summed E-state index contributed by atoms with van der Waals surface area (Å²) in [4.78, 5) is 27.5. The summed E-state index contributed by atoms with van der Waals surface area (Å²) >= 11 is 0. The summed E-state index contributed by atoms with van der Waals surface area (Å²) < 4.78 is 13.3. The summed E-state index contributed by atoms with van der Waals surface area (Å²) in [7, 11) is 0. The molecule has 0 radical (unpaired) electrons. The van der Waals surface area contributed by atoms with Gasteiger partial charge in [0.15, 0.2) is 11.6 Å². The number of hydrogen-bond donors (Lipinski definition) is 2. The lowest BCUT2D eigenvalue weighted by Crippen LogP contribution is -2.29. The van der Waals surface area contributed by atoms with E-state index in [0.29, 0.717) is 24.7 Å². The molecular formula is C26H29N5O4. The number of amides is 2. The Hall–Kier alpha value is -3.53. The molecule has 0 saturated carbocycles. The quantitative estimate of drug-likeness (QED) is 0.551. The van der Waals surface area contributed by atoms with Crippen LogP contribution in [0.3, 0.4) is 0 Å². The van der Waals surface area contributed by atoms with Crippen LogP contribution in [-0.4, -0.2) is 46.3 Å². The van der Waals surface area contributed by atoms with Crippen molar-refractivity contribution in [1.29, 1.82) is 0 Å². The van der Waals surface area contributed by atoms with Crippen molar-refractivity contribution in [2.24, 2.45) is 0 Å². The molecule has 2 aliphatic rings. The molecule has 3 aromatic rings. The highest BCUT2D eigenvalue weighted by molar-refractivity contribution is 6.43. The van der Waals surface area contributed by atoms with Crippen LogP contribution in [0.2, 0.25) is 0 Å². The third kappa shape index (κ3) is 5.43. The normalized spacial score (nSPS) is 17.4. The first-order valence-corrected chi connectivity index (χ1v) is 11.8. The fourth-order valence-electron chi connectivity index (χ4n) is 4.49. The number of aryl methyl sites for hydroxylation is 1. The van der Waals surface area contributed by atoms with Gasteiger partial charge in [0.2, 0.25) is 0 Å². The third-order valence-electron chi connectivity index (χ3n) is 6.27. The monoisotopic (exact) mass is 475 g/mol. The molecule has 2 N–H and O–H groups in total. The highest BCUT2D eigenvalue weighted by Gasteiger charge is 2.33. The van der Waals surface area contributed by atoms with E-state index in [1.54, 1.807) is 18.2 Å². The minimum atomic E-state index is -0.856. The fourth-order valence-corrected chi connectivity index (χ4v) is 4.49. The van der Waals surface area contributed by atoms with Gasteiger partial charge in [-0.25, -0.2) is 0 Å². The Bertz CT molecular complexity index is 1200. The molecule has 0 bridgehead atoms. The average Bonchev–Trinajstić information content (AvgIpc) is 3.41. The number of nitrogens with zero attached hydrogens (tertiary/aromatic N) is 3. The van der Waals surface area contributed by atoms with Crippen LogP contribution in [0.5, 0.6) is 0 Å². The molecule has 0 unspecified atom stereocenters. The molecule has 0 spiro atoms. The molecule has 0 atom stereocenters. The summed E-state index contributed by atoms with van der Waals surface area (Å²) in [5.74, 6) is -2.03. The van der Waals surface area contributed by atoms with E-state index in [1.807, 2.05) is 41.9 Å². The number of benzene rings is 2. The van der Waals surface area contributed by atoms with Crippen LogP contribution in [0, 0.1) is 0 Å². The molecular weight excluding hydrogens is 446 g/mol. The zero-order chi connectivity index (χ0) is 24.3. The lowest BCUT2D eigenvalue weighted by Gasteiger charge is -2.23. The zero-order valence-corrected chi connectivity index (χ0v) is 19.7. The molecule has 1 fully saturated rings. The van der Waals surface area contributed by atoms with Crippen molar-refractivity contribution in [1.82, 2.24) is 14.7 Å². The van der Waals surface area contributed by atoms with Gasteiger partial charge in [-0.05, 0) is 31.0 Å². The Balaban J connectivity index is 1.21. The van der Waals surface area contributed by atoms with Gasteiger partial charge in [-0.3, -0.25) is 19.2 Å². The third-order valence-corrected chi connectivity index (χ3v) is 6.27. The van der Waals surface area contributed by atoms with Crippen LogP contribution in [0.15, 0.2) is 60.7 Å². The number of fused-ring (bicyclic) bond motifs is 1. The minimum Gasteiger partial charge on any atom is -0.344 e. The van der Waals surface area contributed by atoms with Gasteiger partial charge in [0.25, 0.3) is 0 Å². The van der Waals surface area contributed by atoms with Crippen LogP contribution in [0.4, 0.5) is 11.5 Å². The summed E-state index contributed by atoms with van der Waals surface area (Å²) in [6.07, 6.45) is 0.956. The Morgan fingerprint density at radius 2 is 1.74 bits per heavy atom. The molecule has 9 heteroatoms. The summed E-state index contributed by atoms with van der Waals surface area (Å²) in [6, 6.07) is 19.3. The van der Waals surface area contributed by atoms with Crippen molar-refractivity contribution in [3.8, 4) is 0 Å². The van der Waals surface area contributed by atoms with E-state index >= 15 is 0 Å². The molecule has 2 amide bonds. The van der Waals surface area contributed by atoms with Crippen molar-refractivity contribution in [3.05, 3.63) is 77.5 Å². The number of carbonyl (C=O) groups excluding carboxylic acids is 2. The number of carbonyl (C=O) groups is 2. The SMILES string of the molecule is CC1(c2cccc(NC(=O)C(=O)Nc3cc4n(n3)CCCN(Cc3ccccc3)C4)c2)OCCO1. The van der Waals surface area contributed by atoms with E-state index in [4.69, 9.17) is 9.47 Å². The van der Waals surface area contributed by atoms with Gasteiger partial charge in [0, 0.05) is 43.5 Å². The van der Waals surface area contributed by atoms with Gasteiger partial charge in [0.05, 0.1) is 18.9 Å². The van der Waals surface area contributed by atoms with Crippen molar-refractivity contribution in [2.45, 2.75) is 38.8 Å². The second-order valence-corrected chi connectivity index (χ2v) is 8.93. The number of hydrogen-bond acceptors (Lipinski definition) is 6. The van der Waals surface area contributed by atoms with E-state index in [0.717, 1.165) is 43.9 Å². The summed E-state index contributed by atoms with van der Waals surface area (Å²) in [5, 5.41) is 9.78. The van der Waals surface area contributed by atoms with Crippen molar-refractivity contribution in [2.75, 3.05) is 30.4 Å². The summed E-state index contributed by atoms with van der Waals surface area (Å²) in [5.41, 5.74) is 3.52. The zero-order valence-electron chi connectivity index (χ0n) is 19.7. The first-order valence-electron chi connectivity index (χ1n) is 11.8. The largest absolute Gasteiger partial charge is 0.344 e. The topological polar surface area (TPSA) is 97.7 Å². The van der Waals surface area contributed by atoms with Crippen LogP contribution < -0.4 is 10.6 Å². The lowest BCUT2D eigenvalue weighted by molar-refractivity contribution is -0.149. The molecule has 1 saturated heterocycles. The molecule has 1 aromatic heterocycles. The second kappa shape index (κ2) is 9.99. The first kappa shape index (κ1) is 23.2. The van der Waals surface area contributed by atoms with E-state index < -0.39 is 17.6 Å². The van der Waals surface area contributed by atoms with E-state index in [2.05, 4.69) is 32.8 Å². The molecule has 5 rings (SSSR count). The molecule has 3 heterocycles. The number of anilines is 2. The van der Waals surface area contributed by atoms with E-state index in [1.165, 1.54) is 5.56 Å². The number of rotatable bonds is 5. The van der Waals surface area contributed by atoms with Crippen LogP contribution in [0.1, 0.15) is 30.2 Å². The van der Waals surface area contributed by atoms with Crippen molar-refractivity contribution >= 4 is 23.3 Å². The number of nitrogens with one attached hydrogen (secondary N) is 2. The highest BCUT2D eigenvalue weighted by atomic mass is 16.7. The van der Waals surface area contributed by atoms with Gasteiger partial charge < -0.3 is 20.1 Å². The predicted octanol–water partition coefficient (Wildman–Crippen LogP) is 3.09. The Morgan fingerprint density at radius 1 is 0.971 bits per heavy atom. The van der Waals surface area contributed by atoms with Gasteiger partial charge in [-0.15, -0.1) is 0 Å². The van der Waals surface area contributed by atoms with Gasteiger partial charge >= 0.3 is 11.8 Å². The predicted molar refractivity (Wildman–Crippen MR) is 130 cm³/mol. The Labute approximate surface area is 204 Å². The Morgan fingerprint density at radius 3 is 2.54 bits per heavy atom. The van der Waals surface area contributed by atoms with E-state index in [9.17, 15) is 9.59 Å². The van der Waals surface area contributed by atoms with Gasteiger partial charge in [-0.2, -0.15) is 5.10 Å². The standard InChI is InChI=1S/C26H29N5O4/c1-26(34-13-14-35-26)20-9-5-10-21(15-20)27-24(32)25(33)28-23-16-22-18-30(11-6-12-31(22)29-23)17-19-7-3-2-4-8-19/h2-5,7-10,15-16H,6,11-14,17-18H2,1H3,(H,27,32)(H,28,29,33). The number of aromatic nitrogens is 2. The van der Waals surface area contributed by atoms with Crippen molar-refractivity contribution in [3.63, 3.8) is 0 Å². The smallest absolute Gasteiger partial charge is 0.315 e. The molecule has 9 nitrogen and oxygen atoms in total. The van der Waals surface area contributed by atoms with Crippen LogP contribution in [-0.2, 0) is 44.5 Å². The molecule has 182 valence electrons. The lowest BCUT2D eigenvalue weighted by atomic mass is 10.1.